The van der Waals surface area contributed by atoms with Crippen molar-refractivity contribution in [3.8, 4) is 0 Å². The fraction of sp³-hybridized carbons (Fsp3) is 0.154. The number of benzene rings is 1. The molecule has 80 valence electrons. The molecule has 0 fully saturated rings. The second kappa shape index (κ2) is 5.96. The molecular weight excluding hydrogens is 197 g/mol. The molecule has 1 aromatic rings. The van der Waals surface area contributed by atoms with Crippen LogP contribution in [-0.4, -0.2) is 13.8 Å². The molecule has 0 atom stereocenters. The molecule has 1 aromatic carbocycles. The molecule has 1 amide bonds. The Balaban J connectivity index is 2.80. The summed E-state index contributed by atoms with van der Waals surface area (Å²) in [5.41, 5.74) is 1.73. The molecule has 0 unspecified atom stereocenters. The van der Waals surface area contributed by atoms with Crippen LogP contribution in [0.15, 0.2) is 53.5 Å². The van der Waals surface area contributed by atoms with Crippen LogP contribution in [-0.2, 0) is 4.79 Å². The van der Waals surface area contributed by atoms with Gasteiger partial charge in [0.05, 0.1) is 0 Å². The molecule has 0 aliphatic carbocycles. The van der Waals surface area contributed by atoms with E-state index < -0.39 is 0 Å². The first-order valence-electron chi connectivity index (χ1n) is 5.14. The fourth-order valence-corrected chi connectivity index (χ4v) is 1.30. The summed E-state index contributed by atoms with van der Waals surface area (Å²) in [5, 5.41) is 2.78. The minimum atomic E-state index is -0.190. The zero-order valence-electron chi connectivity index (χ0n) is 9.53. The maximum absolute atomic E-state index is 11.8. The monoisotopic (exact) mass is 211 g/mol. The number of allylic oxidation sites excluding steroid dienone is 2. The van der Waals surface area contributed by atoms with Gasteiger partial charge in [-0.3, -0.25) is 4.79 Å². The van der Waals surface area contributed by atoms with Crippen molar-refractivity contribution >= 4 is 19.4 Å². The molecular formula is C13H14BNO. The highest BCUT2D eigenvalue weighted by molar-refractivity contribution is 6.30. The summed E-state index contributed by atoms with van der Waals surface area (Å²) in [6.07, 6.45) is 3.41. The minimum absolute atomic E-state index is 0.190. The van der Waals surface area contributed by atoms with E-state index in [2.05, 4.69) is 5.32 Å². The lowest BCUT2D eigenvalue weighted by Crippen LogP contribution is -2.15. The molecule has 1 rings (SSSR count). The summed E-state index contributed by atoms with van der Waals surface area (Å²) in [4.78, 5) is 11.8. The van der Waals surface area contributed by atoms with Crippen LogP contribution >= 0.6 is 0 Å². The normalized spacial score (nSPS) is 12.4. The Labute approximate surface area is 97.5 Å². The lowest BCUT2D eigenvalue weighted by atomic mass is 9.87. The Morgan fingerprint density at radius 2 is 1.81 bits per heavy atom. The van der Waals surface area contributed by atoms with Crippen LogP contribution in [0.25, 0.3) is 0 Å². The molecule has 2 radical (unpaired) electrons. The Morgan fingerprint density at radius 3 is 2.31 bits per heavy atom. The van der Waals surface area contributed by atoms with Gasteiger partial charge in [-0.25, -0.2) is 0 Å². The molecule has 3 heteroatoms. The number of amides is 1. The van der Waals surface area contributed by atoms with E-state index in [9.17, 15) is 4.79 Å². The van der Waals surface area contributed by atoms with Crippen LogP contribution in [0.5, 0.6) is 0 Å². The highest BCUT2D eigenvalue weighted by atomic mass is 16.1. The third-order valence-corrected chi connectivity index (χ3v) is 2.19. The first kappa shape index (κ1) is 12.3. The summed E-state index contributed by atoms with van der Waals surface area (Å²) in [6.45, 7) is 3.59. The molecule has 16 heavy (non-hydrogen) atoms. The van der Waals surface area contributed by atoms with Crippen molar-refractivity contribution in [2.45, 2.75) is 13.8 Å². The third kappa shape index (κ3) is 3.12. The highest BCUT2D eigenvalue weighted by Gasteiger charge is 2.08. The number of anilines is 1. The highest BCUT2D eigenvalue weighted by Crippen LogP contribution is 2.11. The molecule has 0 aromatic heterocycles. The van der Waals surface area contributed by atoms with Gasteiger partial charge in [-0.1, -0.05) is 35.8 Å². The summed E-state index contributed by atoms with van der Waals surface area (Å²) in [5.74, 6) is -0.190. The average molecular weight is 211 g/mol. The van der Waals surface area contributed by atoms with Crippen LogP contribution in [0, 0.1) is 0 Å². The lowest BCUT2D eigenvalue weighted by Gasteiger charge is -2.08. The van der Waals surface area contributed by atoms with Crippen LogP contribution in [0.4, 0.5) is 5.69 Å². The van der Waals surface area contributed by atoms with Crippen LogP contribution in [0.1, 0.15) is 13.8 Å². The van der Waals surface area contributed by atoms with Gasteiger partial charge in [-0.15, -0.1) is 0 Å². The van der Waals surface area contributed by atoms with Crippen LogP contribution in [0.2, 0.25) is 0 Å². The quantitative estimate of drug-likeness (QED) is 0.464. The second-order valence-electron chi connectivity index (χ2n) is 3.27. The van der Waals surface area contributed by atoms with Crippen molar-refractivity contribution in [2.24, 2.45) is 0 Å². The van der Waals surface area contributed by atoms with Gasteiger partial charge in [0.1, 0.15) is 7.85 Å². The fourth-order valence-electron chi connectivity index (χ4n) is 1.30. The maximum Gasteiger partial charge on any atom is 0.254 e. The number of carbonyl (C=O) groups is 1. The summed E-state index contributed by atoms with van der Waals surface area (Å²) < 4.78 is 0. The van der Waals surface area contributed by atoms with Gasteiger partial charge in [-0.05, 0) is 26.0 Å². The van der Waals surface area contributed by atoms with Crippen molar-refractivity contribution in [3.63, 3.8) is 0 Å². The summed E-state index contributed by atoms with van der Waals surface area (Å²) >= 11 is 0. The van der Waals surface area contributed by atoms with E-state index in [0.717, 1.165) is 5.69 Å². The van der Waals surface area contributed by atoms with E-state index in [0.29, 0.717) is 11.0 Å². The first-order chi connectivity index (χ1) is 7.69. The standard InChI is InChI=1S/C13H14BNO/c1-3-11(12(14)4-2)13(16)15-10-8-6-5-7-9-10/h3-9H,1-2H3,(H,15,16)/b11-3+,12-4+. The third-order valence-electron chi connectivity index (χ3n) is 2.19. The van der Waals surface area contributed by atoms with Gasteiger partial charge in [0.15, 0.2) is 0 Å². The molecule has 0 aliphatic rings. The van der Waals surface area contributed by atoms with Crippen molar-refractivity contribution in [3.05, 3.63) is 53.5 Å². The lowest BCUT2D eigenvalue weighted by molar-refractivity contribution is -0.112. The predicted octanol–water partition coefficient (Wildman–Crippen LogP) is 2.64. The SMILES string of the molecule is [B]C(=C/C)/C(=C\C)C(=O)Nc1ccccc1. The van der Waals surface area contributed by atoms with Gasteiger partial charge >= 0.3 is 0 Å². The number of nitrogens with one attached hydrogen (secondary N) is 1. The Bertz CT molecular complexity index is 421. The van der Waals surface area contributed by atoms with Crippen LogP contribution in [0.3, 0.4) is 0 Å². The molecule has 0 bridgehead atoms. The van der Waals surface area contributed by atoms with E-state index in [1.54, 1.807) is 26.0 Å². The minimum Gasteiger partial charge on any atom is -0.322 e. The smallest absolute Gasteiger partial charge is 0.254 e. The molecule has 0 saturated heterocycles. The number of carbonyl (C=O) groups excluding carboxylic acids is 1. The molecule has 2 nitrogen and oxygen atoms in total. The number of para-hydroxylation sites is 1. The van der Waals surface area contributed by atoms with E-state index in [-0.39, 0.29) is 5.91 Å². The maximum atomic E-state index is 11.8. The Morgan fingerprint density at radius 1 is 1.19 bits per heavy atom. The second-order valence-corrected chi connectivity index (χ2v) is 3.27. The number of rotatable bonds is 3. The summed E-state index contributed by atoms with van der Waals surface area (Å²) in [6, 6.07) is 9.29. The van der Waals surface area contributed by atoms with Gasteiger partial charge < -0.3 is 5.32 Å². The zero-order chi connectivity index (χ0) is 12.0. The van der Waals surface area contributed by atoms with Gasteiger partial charge in [0, 0.05) is 11.3 Å². The van der Waals surface area contributed by atoms with Crippen molar-refractivity contribution in [2.75, 3.05) is 5.32 Å². The molecule has 0 aliphatic heterocycles. The largest absolute Gasteiger partial charge is 0.322 e. The number of hydrogen-bond acceptors (Lipinski definition) is 1. The van der Waals surface area contributed by atoms with E-state index in [1.807, 2.05) is 30.3 Å². The number of hydrogen-bond donors (Lipinski definition) is 1. The predicted molar refractivity (Wildman–Crippen MR) is 68.3 cm³/mol. The van der Waals surface area contributed by atoms with E-state index >= 15 is 0 Å². The van der Waals surface area contributed by atoms with Gasteiger partial charge in [0.2, 0.25) is 0 Å². The van der Waals surface area contributed by atoms with Gasteiger partial charge in [0.25, 0.3) is 5.91 Å². The molecule has 0 saturated carbocycles. The average Bonchev–Trinajstić information content (AvgIpc) is 2.31. The first-order valence-corrected chi connectivity index (χ1v) is 5.14. The topological polar surface area (TPSA) is 29.1 Å². The van der Waals surface area contributed by atoms with Crippen LogP contribution < -0.4 is 5.32 Å². The summed E-state index contributed by atoms with van der Waals surface area (Å²) in [7, 11) is 5.71. The molecule has 0 heterocycles. The van der Waals surface area contributed by atoms with E-state index in [4.69, 9.17) is 7.85 Å². The Kier molecular flexibility index (Phi) is 4.58. The van der Waals surface area contributed by atoms with Crippen molar-refractivity contribution in [1.29, 1.82) is 0 Å². The van der Waals surface area contributed by atoms with Crippen molar-refractivity contribution < 1.29 is 4.79 Å². The zero-order valence-corrected chi connectivity index (χ0v) is 9.53. The molecule has 1 N–H and O–H groups in total. The van der Waals surface area contributed by atoms with Gasteiger partial charge in [-0.2, -0.15) is 0 Å². The van der Waals surface area contributed by atoms with E-state index in [1.165, 1.54) is 0 Å². The van der Waals surface area contributed by atoms with Crippen molar-refractivity contribution in [1.82, 2.24) is 0 Å². The molecule has 0 spiro atoms. The Hall–Kier alpha value is -1.77.